The molecule has 2 amide bonds. The lowest BCUT2D eigenvalue weighted by Crippen LogP contribution is -2.38. The Labute approximate surface area is 125 Å². The van der Waals surface area contributed by atoms with E-state index in [0.717, 1.165) is 6.42 Å². The third kappa shape index (κ3) is 6.90. The molecule has 0 heterocycles. The molecule has 0 saturated carbocycles. The van der Waals surface area contributed by atoms with Gasteiger partial charge in [-0.2, -0.15) is 0 Å². The zero-order valence-electron chi connectivity index (χ0n) is 12.6. The Hall–Kier alpha value is -1.88. The fourth-order valence-corrected chi connectivity index (χ4v) is 2.18. The van der Waals surface area contributed by atoms with Gasteiger partial charge in [0, 0.05) is 18.8 Å². The van der Waals surface area contributed by atoms with Crippen LogP contribution in [0.15, 0.2) is 30.3 Å². The number of nitrogens with one attached hydrogen (secondary N) is 2. The van der Waals surface area contributed by atoms with Crippen molar-refractivity contribution in [2.45, 2.75) is 26.7 Å². The highest BCUT2D eigenvalue weighted by molar-refractivity contribution is 6.39. The minimum Gasteiger partial charge on any atom is -0.396 e. The van der Waals surface area contributed by atoms with E-state index < -0.39 is 11.8 Å². The van der Waals surface area contributed by atoms with E-state index in [1.807, 2.05) is 6.07 Å². The Kier molecular flexibility index (Phi) is 7.46. The van der Waals surface area contributed by atoms with Crippen molar-refractivity contribution in [1.29, 1.82) is 0 Å². The van der Waals surface area contributed by atoms with Gasteiger partial charge in [-0.05, 0) is 36.8 Å². The van der Waals surface area contributed by atoms with Gasteiger partial charge in [0.25, 0.3) is 0 Å². The van der Waals surface area contributed by atoms with E-state index in [0.29, 0.717) is 24.6 Å². The van der Waals surface area contributed by atoms with Gasteiger partial charge in [0.1, 0.15) is 0 Å². The molecule has 0 fully saturated rings. The highest BCUT2D eigenvalue weighted by Crippen LogP contribution is 2.14. The Morgan fingerprint density at radius 3 is 2.38 bits per heavy atom. The number of aliphatic hydroxyl groups is 1. The molecule has 0 bridgehead atoms. The second-order valence-corrected chi connectivity index (χ2v) is 5.54. The first-order valence-electron chi connectivity index (χ1n) is 7.28. The van der Waals surface area contributed by atoms with Crippen molar-refractivity contribution in [2.24, 2.45) is 11.8 Å². The molecule has 0 saturated heterocycles. The lowest BCUT2D eigenvalue weighted by atomic mass is 9.94. The SMILES string of the molecule is CC(C)CC(CCO)CNC(=O)C(=O)Nc1ccccc1. The Balaban J connectivity index is 2.42. The molecule has 116 valence electrons. The van der Waals surface area contributed by atoms with Gasteiger partial charge < -0.3 is 15.7 Å². The minimum atomic E-state index is -0.673. The van der Waals surface area contributed by atoms with E-state index in [4.69, 9.17) is 5.11 Å². The van der Waals surface area contributed by atoms with Crippen LogP contribution in [0.5, 0.6) is 0 Å². The Bertz CT molecular complexity index is 446. The minimum absolute atomic E-state index is 0.0868. The number of hydrogen-bond acceptors (Lipinski definition) is 3. The lowest BCUT2D eigenvalue weighted by molar-refractivity contribution is -0.136. The summed E-state index contributed by atoms with van der Waals surface area (Å²) in [4.78, 5) is 23.5. The van der Waals surface area contributed by atoms with Gasteiger partial charge in [-0.1, -0.05) is 32.0 Å². The average Bonchev–Trinajstić information content (AvgIpc) is 2.45. The van der Waals surface area contributed by atoms with Crippen molar-refractivity contribution in [3.8, 4) is 0 Å². The molecule has 0 aromatic heterocycles. The number of hydrogen-bond donors (Lipinski definition) is 3. The molecule has 1 aromatic carbocycles. The van der Waals surface area contributed by atoms with Gasteiger partial charge in [0.2, 0.25) is 0 Å². The Morgan fingerprint density at radius 2 is 1.81 bits per heavy atom. The van der Waals surface area contributed by atoms with Crippen molar-refractivity contribution in [3.05, 3.63) is 30.3 Å². The predicted molar refractivity (Wildman–Crippen MR) is 82.7 cm³/mol. The van der Waals surface area contributed by atoms with Crippen LogP contribution in [0.4, 0.5) is 5.69 Å². The highest BCUT2D eigenvalue weighted by atomic mass is 16.3. The van der Waals surface area contributed by atoms with E-state index in [1.54, 1.807) is 24.3 Å². The van der Waals surface area contributed by atoms with Crippen molar-refractivity contribution >= 4 is 17.5 Å². The number of anilines is 1. The average molecular weight is 292 g/mol. The van der Waals surface area contributed by atoms with Gasteiger partial charge in [0.15, 0.2) is 0 Å². The van der Waals surface area contributed by atoms with Crippen LogP contribution in [0.1, 0.15) is 26.7 Å². The summed E-state index contributed by atoms with van der Waals surface area (Å²) in [6, 6.07) is 8.85. The topological polar surface area (TPSA) is 78.4 Å². The summed E-state index contributed by atoms with van der Waals surface area (Å²) >= 11 is 0. The van der Waals surface area contributed by atoms with E-state index in [-0.39, 0.29) is 12.5 Å². The molecular weight excluding hydrogens is 268 g/mol. The zero-order valence-corrected chi connectivity index (χ0v) is 12.6. The normalized spacial score (nSPS) is 12.0. The summed E-state index contributed by atoms with van der Waals surface area (Å²) in [6.07, 6.45) is 1.53. The molecule has 0 aliphatic heterocycles. The largest absolute Gasteiger partial charge is 0.396 e. The van der Waals surface area contributed by atoms with E-state index in [9.17, 15) is 9.59 Å². The third-order valence-corrected chi connectivity index (χ3v) is 3.13. The number of aliphatic hydroxyl groups excluding tert-OH is 1. The van der Waals surface area contributed by atoms with Gasteiger partial charge >= 0.3 is 11.8 Å². The summed E-state index contributed by atoms with van der Waals surface area (Å²) in [6.45, 7) is 4.67. The van der Waals surface area contributed by atoms with E-state index in [1.165, 1.54) is 0 Å². The first kappa shape index (κ1) is 17.2. The predicted octanol–water partition coefficient (Wildman–Crippen LogP) is 1.79. The first-order chi connectivity index (χ1) is 10.0. The molecule has 5 nitrogen and oxygen atoms in total. The molecule has 0 spiro atoms. The summed E-state index contributed by atoms with van der Waals surface area (Å²) in [5, 5.41) is 14.2. The van der Waals surface area contributed by atoms with Gasteiger partial charge in [-0.25, -0.2) is 0 Å². The monoisotopic (exact) mass is 292 g/mol. The molecule has 0 aliphatic carbocycles. The maximum absolute atomic E-state index is 11.8. The van der Waals surface area contributed by atoms with Gasteiger partial charge in [0.05, 0.1) is 0 Å². The smallest absolute Gasteiger partial charge is 0.313 e. The van der Waals surface area contributed by atoms with Crippen LogP contribution in [0.3, 0.4) is 0 Å². The number of carbonyl (C=O) groups is 2. The fourth-order valence-electron chi connectivity index (χ4n) is 2.18. The van der Waals surface area contributed by atoms with Gasteiger partial charge in [-0.15, -0.1) is 0 Å². The van der Waals surface area contributed by atoms with Crippen LogP contribution in [-0.4, -0.2) is 30.1 Å². The first-order valence-corrected chi connectivity index (χ1v) is 7.28. The molecule has 1 rings (SSSR count). The fraction of sp³-hybridized carbons (Fsp3) is 0.500. The van der Waals surface area contributed by atoms with Crippen LogP contribution < -0.4 is 10.6 Å². The lowest BCUT2D eigenvalue weighted by Gasteiger charge is -2.18. The molecule has 3 N–H and O–H groups in total. The molecule has 1 unspecified atom stereocenters. The van der Waals surface area contributed by atoms with Crippen molar-refractivity contribution in [3.63, 3.8) is 0 Å². The van der Waals surface area contributed by atoms with Crippen molar-refractivity contribution in [1.82, 2.24) is 5.32 Å². The number of amides is 2. The maximum atomic E-state index is 11.8. The van der Waals surface area contributed by atoms with E-state index >= 15 is 0 Å². The highest BCUT2D eigenvalue weighted by Gasteiger charge is 2.16. The number of carbonyl (C=O) groups excluding carboxylic acids is 2. The van der Waals surface area contributed by atoms with Crippen LogP contribution in [0.2, 0.25) is 0 Å². The molecule has 5 heteroatoms. The quantitative estimate of drug-likeness (QED) is 0.670. The van der Waals surface area contributed by atoms with E-state index in [2.05, 4.69) is 24.5 Å². The van der Waals surface area contributed by atoms with Crippen LogP contribution in [0.25, 0.3) is 0 Å². The zero-order chi connectivity index (χ0) is 15.7. The standard InChI is InChI=1S/C16H24N2O3/c1-12(2)10-13(8-9-19)11-17-15(20)16(21)18-14-6-4-3-5-7-14/h3-7,12-13,19H,8-11H2,1-2H3,(H,17,20)(H,18,21). The molecule has 21 heavy (non-hydrogen) atoms. The molecule has 1 atom stereocenters. The molecular formula is C16H24N2O3. The Morgan fingerprint density at radius 1 is 1.14 bits per heavy atom. The summed E-state index contributed by atoms with van der Waals surface area (Å²) in [7, 11) is 0. The molecule has 1 aromatic rings. The summed E-state index contributed by atoms with van der Waals surface area (Å²) in [5.74, 6) is -0.654. The van der Waals surface area contributed by atoms with Gasteiger partial charge in [-0.3, -0.25) is 9.59 Å². The van der Waals surface area contributed by atoms with Crippen LogP contribution >= 0.6 is 0 Å². The second kappa shape index (κ2) is 9.13. The summed E-state index contributed by atoms with van der Waals surface area (Å²) < 4.78 is 0. The number of para-hydroxylation sites is 1. The van der Waals surface area contributed by atoms with Crippen LogP contribution in [0, 0.1) is 11.8 Å². The maximum Gasteiger partial charge on any atom is 0.313 e. The molecule has 0 aliphatic rings. The van der Waals surface area contributed by atoms with Crippen molar-refractivity contribution < 1.29 is 14.7 Å². The second-order valence-electron chi connectivity index (χ2n) is 5.54. The number of rotatable bonds is 7. The summed E-state index contributed by atoms with van der Waals surface area (Å²) in [5.41, 5.74) is 0.590. The van der Waals surface area contributed by atoms with Crippen molar-refractivity contribution in [2.75, 3.05) is 18.5 Å². The number of benzene rings is 1. The third-order valence-electron chi connectivity index (χ3n) is 3.13. The molecule has 0 radical (unpaired) electrons. The van der Waals surface area contributed by atoms with Crippen LogP contribution in [-0.2, 0) is 9.59 Å².